The number of nitrogens with zero attached hydrogens (tertiary/aromatic N) is 2. The van der Waals surface area contributed by atoms with E-state index in [4.69, 9.17) is 4.74 Å². The molecule has 0 radical (unpaired) electrons. The van der Waals surface area contributed by atoms with E-state index < -0.39 is 0 Å². The molecule has 1 amide bonds. The predicted molar refractivity (Wildman–Crippen MR) is 109 cm³/mol. The Morgan fingerprint density at radius 3 is 2.79 bits per heavy atom. The highest BCUT2D eigenvalue weighted by Gasteiger charge is 2.15. The molecule has 2 heterocycles. The Kier molecular flexibility index (Phi) is 5.53. The standard InChI is InChI=1S/C21H19FN4O2S/c1-13(21-25-17-4-2-3-5-18(17)26-21)23-19(27)10-15-12-29-20(24-15)11-28-16-8-6-14(22)7-9-16/h2-9,12-13H,10-11H2,1H3,(H,23,27)(H,25,26)/t13-/m0/s1. The minimum atomic E-state index is -0.309. The summed E-state index contributed by atoms with van der Waals surface area (Å²) >= 11 is 1.42. The van der Waals surface area contributed by atoms with Crippen molar-refractivity contribution >= 4 is 28.3 Å². The van der Waals surface area contributed by atoms with E-state index in [1.54, 1.807) is 12.1 Å². The minimum absolute atomic E-state index is 0.130. The van der Waals surface area contributed by atoms with Crippen LogP contribution in [0.25, 0.3) is 11.0 Å². The second-order valence-electron chi connectivity index (χ2n) is 6.58. The summed E-state index contributed by atoms with van der Waals surface area (Å²) in [4.78, 5) is 24.5. The quantitative estimate of drug-likeness (QED) is 0.480. The van der Waals surface area contributed by atoms with Crippen LogP contribution in [0.2, 0.25) is 0 Å². The molecule has 4 rings (SSSR count). The maximum absolute atomic E-state index is 12.9. The lowest BCUT2D eigenvalue weighted by Crippen LogP contribution is -2.28. The summed E-state index contributed by atoms with van der Waals surface area (Å²) in [5.41, 5.74) is 2.49. The van der Waals surface area contributed by atoms with Gasteiger partial charge in [-0.2, -0.15) is 0 Å². The summed E-state index contributed by atoms with van der Waals surface area (Å²) in [5.74, 6) is 0.845. The van der Waals surface area contributed by atoms with E-state index in [9.17, 15) is 9.18 Å². The van der Waals surface area contributed by atoms with Gasteiger partial charge in [0.2, 0.25) is 5.91 Å². The zero-order valence-corrected chi connectivity index (χ0v) is 16.5. The number of hydrogen-bond acceptors (Lipinski definition) is 5. The number of rotatable bonds is 7. The van der Waals surface area contributed by atoms with E-state index >= 15 is 0 Å². The van der Waals surface area contributed by atoms with E-state index in [2.05, 4.69) is 20.3 Å². The minimum Gasteiger partial charge on any atom is -0.486 e. The summed E-state index contributed by atoms with van der Waals surface area (Å²) in [6.07, 6.45) is 0.178. The van der Waals surface area contributed by atoms with Gasteiger partial charge in [0, 0.05) is 5.38 Å². The molecule has 0 unspecified atom stereocenters. The number of aromatic nitrogens is 3. The molecule has 0 fully saturated rings. The Morgan fingerprint density at radius 2 is 2.00 bits per heavy atom. The van der Waals surface area contributed by atoms with Crippen LogP contribution in [-0.4, -0.2) is 20.9 Å². The Hall–Kier alpha value is -3.26. The van der Waals surface area contributed by atoms with Crippen LogP contribution >= 0.6 is 11.3 Å². The van der Waals surface area contributed by atoms with Crippen LogP contribution in [-0.2, 0) is 17.8 Å². The van der Waals surface area contributed by atoms with Gasteiger partial charge in [-0.15, -0.1) is 11.3 Å². The third kappa shape index (κ3) is 4.78. The lowest BCUT2D eigenvalue weighted by Gasteiger charge is -2.10. The Balaban J connectivity index is 1.30. The first-order chi connectivity index (χ1) is 14.1. The van der Waals surface area contributed by atoms with E-state index in [0.717, 1.165) is 16.0 Å². The molecule has 0 aliphatic carbocycles. The summed E-state index contributed by atoms with van der Waals surface area (Å²) < 4.78 is 18.5. The van der Waals surface area contributed by atoms with Crippen LogP contribution in [0.4, 0.5) is 4.39 Å². The summed E-state index contributed by atoms with van der Waals surface area (Å²) in [7, 11) is 0. The van der Waals surface area contributed by atoms with Crippen molar-refractivity contribution in [2.45, 2.75) is 26.0 Å². The fourth-order valence-corrected chi connectivity index (χ4v) is 3.58. The van der Waals surface area contributed by atoms with E-state index in [1.807, 2.05) is 36.6 Å². The molecule has 6 nitrogen and oxygen atoms in total. The van der Waals surface area contributed by atoms with Gasteiger partial charge in [0.25, 0.3) is 0 Å². The van der Waals surface area contributed by atoms with Crippen molar-refractivity contribution in [3.05, 3.63) is 76.3 Å². The number of H-pyrrole nitrogens is 1. The third-order valence-electron chi connectivity index (χ3n) is 4.31. The summed E-state index contributed by atoms with van der Waals surface area (Å²) in [5, 5.41) is 5.54. The largest absolute Gasteiger partial charge is 0.486 e. The SMILES string of the molecule is C[C@H](NC(=O)Cc1csc(COc2ccc(F)cc2)n1)c1nc2ccccc2[nH]1. The van der Waals surface area contributed by atoms with Crippen molar-refractivity contribution in [3.8, 4) is 5.75 Å². The summed E-state index contributed by atoms with van der Waals surface area (Å²) in [6, 6.07) is 13.3. The number of nitrogens with one attached hydrogen (secondary N) is 2. The fraction of sp³-hybridized carbons (Fsp3) is 0.190. The highest BCUT2D eigenvalue weighted by atomic mass is 32.1. The Labute approximate surface area is 170 Å². The average molecular weight is 410 g/mol. The molecule has 0 bridgehead atoms. The first-order valence-corrected chi connectivity index (χ1v) is 10.0. The molecule has 0 saturated heterocycles. The van der Waals surface area contributed by atoms with Crippen LogP contribution in [0.1, 0.15) is 29.5 Å². The maximum atomic E-state index is 12.9. The maximum Gasteiger partial charge on any atom is 0.226 e. The van der Waals surface area contributed by atoms with E-state index in [1.165, 1.54) is 23.5 Å². The van der Waals surface area contributed by atoms with Crippen molar-refractivity contribution in [1.82, 2.24) is 20.3 Å². The first-order valence-electron chi connectivity index (χ1n) is 9.12. The second kappa shape index (κ2) is 8.40. The van der Waals surface area contributed by atoms with Crippen molar-refractivity contribution < 1.29 is 13.9 Å². The topological polar surface area (TPSA) is 79.9 Å². The lowest BCUT2D eigenvalue weighted by molar-refractivity contribution is -0.121. The molecular weight excluding hydrogens is 391 g/mol. The van der Waals surface area contributed by atoms with Crippen molar-refractivity contribution in [2.24, 2.45) is 0 Å². The number of aromatic amines is 1. The second-order valence-corrected chi connectivity index (χ2v) is 7.52. The van der Waals surface area contributed by atoms with Gasteiger partial charge in [0.05, 0.1) is 29.2 Å². The molecule has 2 aromatic carbocycles. The molecule has 1 atom stereocenters. The molecule has 29 heavy (non-hydrogen) atoms. The highest BCUT2D eigenvalue weighted by Crippen LogP contribution is 2.18. The first kappa shape index (κ1) is 19.1. The van der Waals surface area contributed by atoms with Gasteiger partial charge in [-0.25, -0.2) is 14.4 Å². The number of benzene rings is 2. The number of hydrogen-bond donors (Lipinski definition) is 2. The van der Waals surface area contributed by atoms with Crippen molar-refractivity contribution in [1.29, 1.82) is 0 Å². The monoisotopic (exact) mass is 410 g/mol. The molecule has 0 saturated carbocycles. The number of para-hydroxylation sites is 2. The zero-order valence-electron chi connectivity index (χ0n) is 15.7. The zero-order chi connectivity index (χ0) is 20.2. The molecule has 2 aromatic heterocycles. The number of carbonyl (C=O) groups excluding carboxylic acids is 1. The molecule has 2 N–H and O–H groups in total. The van der Waals surface area contributed by atoms with Gasteiger partial charge < -0.3 is 15.0 Å². The molecule has 0 aliphatic heterocycles. The number of ether oxygens (including phenoxy) is 1. The van der Waals surface area contributed by atoms with Gasteiger partial charge in [-0.1, -0.05) is 12.1 Å². The van der Waals surface area contributed by atoms with Crippen LogP contribution < -0.4 is 10.1 Å². The number of carbonyl (C=O) groups is 1. The number of amides is 1. The average Bonchev–Trinajstić information content (AvgIpc) is 3.34. The molecule has 0 aliphatic rings. The molecule has 148 valence electrons. The van der Waals surface area contributed by atoms with Crippen LogP contribution in [0.15, 0.2) is 53.9 Å². The Morgan fingerprint density at radius 1 is 1.21 bits per heavy atom. The predicted octanol–water partition coefficient (Wildman–Crippen LogP) is 4.16. The van der Waals surface area contributed by atoms with Gasteiger partial charge in [-0.3, -0.25) is 4.79 Å². The van der Waals surface area contributed by atoms with Crippen LogP contribution in [0.3, 0.4) is 0 Å². The molecule has 0 spiro atoms. The summed E-state index contributed by atoms with van der Waals surface area (Å²) in [6.45, 7) is 2.16. The number of halogens is 1. The van der Waals surface area contributed by atoms with E-state index in [0.29, 0.717) is 17.3 Å². The van der Waals surface area contributed by atoms with Gasteiger partial charge >= 0.3 is 0 Å². The number of fused-ring (bicyclic) bond motifs is 1. The normalized spacial score (nSPS) is 12.1. The molecule has 8 heteroatoms. The molecular formula is C21H19FN4O2S. The van der Waals surface area contributed by atoms with Gasteiger partial charge in [0.1, 0.15) is 29.0 Å². The van der Waals surface area contributed by atoms with E-state index in [-0.39, 0.29) is 30.8 Å². The van der Waals surface area contributed by atoms with Crippen LogP contribution in [0, 0.1) is 5.82 Å². The highest BCUT2D eigenvalue weighted by molar-refractivity contribution is 7.09. The third-order valence-corrected chi connectivity index (χ3v) is 5.18. The van der Waals surface area contributed by atoms with Crippen molar-refractivity contribution in [3.63, 3.8) is 0 Å². The fourth-order valence-electron chi connectivity index (χ4n) is 2.88. The van der Waals surface area contributed by atoms with Gasteiger partial charge in [0.15, 0.2) is 0 Å². The van der Waals surface area contributed by atoms with Crippen molar-refractivity contribution in [2.75, 3.05) is 0 Å². The lowest BCUT2D eigenvalue weighted by atomic mass is 10.2. The number of imidazole rings is 1. The molecule has 4 aromatic rings. The van der Waals surface area contributed by atoms with Gasteiger partial charge in [-0.05, 0) is 43.3 Å². The smallest absolute Gasteiger partial charge is 0.226 e. The number of thiazole rings is 1. The Bertz CT molecular complexity index is 1090. The van der Waals surface area contributed by atoms with Crippen LogP contribution in [0.5, 0.6) is 5.75 Å².